The summed E-state index contributed by atoms with van der Waals surface area (Å²) in [5.41, 5.74) is 2.36. The van der Waals surface area contributed by atoms with Crippen molar-refractivity contribution in [2.24, 2.45) is 0 Å². The molecule has 0 saturated carbocycles. The van der Waals surface area contributed by atoms with E-state index in [-0.39, 0.29) is 5.78 Å². The second-order valence-electron chi connectivity index (χ2n) is 4.02. The number of rotatable bonds is 3. The minimum Gasteiger partial charge on any atom is -0.469 e. The number of ketones is 1. The lowest BCUT2D eigenvalue weighted by molar-refractivity contribution is 0.103. The molecule has 0 fully saturated rings. The Morgan fingerprint density at radius 3 is 2.61 bits per heavy atom. The van der Waals surface area contributed by atoms with Gasteiger partial charge in [0.15, 0.2) is 5.78 Å². The van der Waals surface area contributed by atoms with Crippen molar-refractivity contribution in [2.45, 2.75) is 20.3 Å². The van der Waals surface area contributed by atoms with Crippen LogP contribution in [0.3, 0.4) is 0 Å². The largest absolute Gasteiger partial charge is 0.469 e. The number of halogens is 2. The monoisotopic (exact) mass is 370 g/mol. The van der Waals surface area contributed by atoms with Gasteiger partial charge in [0.25, 0.3) is 0 Å². The highest BCUT2D eigenvalue weighted by atomic mass is 79.9. The van der Waals surface area contributed by atoms with Crippen LogP contribution in [0.15, 0.2) is 37.8 Å². The van der Waals surface area contributed by atoms with Crippen LogP contribution in [0.25, 0.3) is 0 Å². The third-order valence-electron chi connectivity index (χ3n) is 2.80. The summed E-state index contributed by atoms with van der Waals surface area (Å²) in [7, 11) is 0. The van der Waals surface area contributed by atoms with Gasteiger partial charge in [-0.15, -0.1) is 0 Å². The lowest BCUT2D eigenvalue weighted by Crippen LogP contribution is -2.04. The van der Waals surface area contributed by atoms with Crippen molar-refractivity contribution in [1.29, 1.82) is 0 Å². The number of carbonyl (C=O) groups excluding carboxylic acids is 1. The molecule has 0 aliphatic heterocycles. The van der Waals surface area contributed by atoms with Crippen molar-refractivity contribution in [1.82, 2.24) is 0 Å². The van der Waals surface area contributed by atoms with Gasteiger partial charge in [-0.2, -0.15) is 0 Å². The molecule has 0 unspecified atom stereocenters. The molecule has 0 bridgehead atoms. The summed E-state index contributed by atoms with van der Waals surface area (Å²) in [6.07, 6.45) is 2.27. The maximum atomic E-state index is 12.5. The normalized spacial score (nSPS) is 10.7. The highest BCUT2D eigenvalue weighted by molar-refractivity contribution is 9.11. The predicted molar refractivity (Wildman–Crippen MR) is 78.1 cm³/mol. The van der Waals surface area contributed by atoms with Crippen LogP contribution in [0, 0.1) is 6.92 Å². The minimum absolute atomic E-state index is 0.0202. The first-order chi connectivity index (χ1) is 8.54. The topological polar surface area (TPSA) is 30.2 Å². The average molecular weight is 372 g/mol. The first-order valence-electron chi connectivity index (χ1n) is 5.61. The number of benzene rings is 1. The Balaban J connectivity index is 2.50. The van der Waals surface area contributed by atoms with Crippen molar-refractivity contribution < 1.29 is 9.21 Å². The van der Waals surface area contributed by atoms with Gasteiger partial charge in [-0.1, -0.05) is 38.8 Å². The fraction of sp³-hybridized carbons (Fsp3) is 0.214. The van der Waals surface area contributed by atoms with E-state index >= 15 is 0 Å². The lowest BCUT2D eigenvalue weighted by atomic mass is 10.0. The molecule has 0 atom stereocenters. The molecule has 0 aliphatic rings. The summed E-state index contributed by atoms with van der Waals surface area (Å²) in [5, 5.41) is 0. The Hall–Kier alpha value is -0.870. The van der Waals surface area contributed by atoms with Crippen LogP contribution >= 0.6 is 31.9 Å². The van der Waals surface area contributed by atoms with E-state index in [0.29, 0.717) is 17.5 Å². The van der Waals surface area contributed by atoms with Gasteiger partial charge in [-0.25, -0.2) is 0 Å². The molecule has 0 aliphatic carbocycles. The molecular formula is C14H12Br2O2. The maximum absolute atomic E-state index is 12.5. The zero-order valence-electron chi connectivity index (χ0n) is 10.1. The predicted octanol–water partition coefficient (Wildman–Crippen LogP) is 4.91. The molecular weight excluding hydrogens is 360 g/mol. The van der Waals surface area contributed by atoms with Crippen LogP contribution in [0.2, 0.25) is 0 Å². The Morgan fingerprint density at radius 2 is 1.94 bits per heavy atom. The van der Waals surface area contributed by atoms with Crippen LogP contribution in [0.4, 0.5) is 0 Å². The molecule has 4 heteroatoms. The second-order valence-corrected chi connectivity index (χ2v) is 5.73. The first kappa shape index (κ1) is 13.6. The maximum Gasteiger partial charge on any atom is 0.197 e. The minimum atomic E-state index is -0.0202. The smallest absolute Gasteiger partial charge is 0.197 e. The summed E-state index contributed by atoms with van der Waals surface area (Å²) in [4.78, 5) is 12.5. The molecule has 0 radical (unpaired) electrons. The van der Waals surface area contributed by atoms with E-state index in [9.17, 15) is 4.79 Å². The molecule has 1 heterocycles. The third kappa shape index (κ3) is 2.45. The Morgan fingerprint density at radius 1 is 1.22 bits per heavy atom. The molecule has 0 amide bonds. The number of aryl methyl sites for hydroxylation is 2. The first-order valence-corrected chi connectivity index (χ1v) is 7.20. The van der Waals surface area contributed by atoms with Crippen LogP contribution in [-0.2, 0) is 6.42 Å². The standard InChI is InChI=1S/C14H12Br2O2/c1-3-13-9(4-5-18-13)14(17)10-7-11(15)8(2)6-12(10)16/h4-7H,3H2,1-2H3. The molecule has 0 N–H and O–H groups in total. The van der Waals surface area contributed by atoms with E-state index in [0.717, 1.165) is 20.3 Å². The molecule has 18 heavy (non-hydrogen) atoms. The highest BCUT2D eigenvalue weighted by Gasteiger charge is 2.18. The summed E-state index contributed by atoms with van der Waals surface area (Å²) in [5.74, 6) is 0.705. The van der Waals surface area contributed by atoms with Gasteiger partial charge in [0, 0.05) is 20.9 Å². The van der Waals surface area contributed by atoms with E-state index in [1.54, 1.807) is 12.3 Å². The summed E-state index contributed by atoms with van der Waals surface area (Å²) >= 11 is 6.89. The van der Waals surface area contributed by atoms with Gasteiger partial charge in [0.1, 0.15) is 5.76 Å². The molecule has 1 aromatic carbocycles. The van der Waals surface area contributed by atoms with Gasteiger partial charge in [-0.3, -0.25) is 4.79 Å². The molecule has 2 nitrogen and oxygen atoms in total. The van der Waals surface area contributed by atoms with Gasteiger partial charge >= 0.3 is 0 Å². The van der Waals surface area contributed by atoms with Crippen LogP contribution < -0.4 is 0 Å². The Bertz CT molecular complexity index is 600. The molecule has 2 rings (SSSR count). The van der Waals surface area contributed by atoms with Gasteiger partial charge in [0.2, 0.25) is 0 Å². The zero-order valence-corrected chi connectivity index (χ0v) is 13.3. The van der Waals surface area contributed by atoms with Crippen molar-refractivity contribution in [3.8, 4) is 0 Å². The van der Waals surface area contributed by atoms with Crippen molar-refractivity contribution in [3.63, 3.8) is 0 Å². The van der Waals surface area contributed by atoms with Crippen LogP contribution in [0.1, 0.15) is 34.2 Å². The quantitative estimate of drug-likeness (QED) is 0.717. The average Bonchev–Trinajstić information content (AvgIpc) is 2.81. The molecule has 2 aromatic rings. The molecule has 0 spiro atoms. The fourth-order valence-electron chi connectivity index (χ4n) is 1.78. The van der Waals surface area contributed by atoms with Gasteiger partial charge in [-0.05, 0) is 30.7 Å². The van der Waals surface area contributed by atoms with Crippen LogP contribution in [0.5, 0.6) is 0 Å². The summed E-state index contributed by atoms with van der Waals surface area (Å²) < 4.78 is 7.03. The molecule has 94 valence electrons. The van der Waals surface area contributed by atoms with E-state index in [4.69, 9.17) is 4.42 Å². The van der Waals surface area contributed by atoms with E-state index in [1.807, 2.05) is 26.0 Å². The van der Waals surface area contributed by atoms with Crippen LogP contribution in [-0.4, -0.2) is 5.78 Å². The third-order valence-corrected chi connectivity index (χ3v) is 4.31. The number of hydrogen-bond donors (Lipinski definition) is 0. The SMILES string of the molecule is CCc1occc1C(=O)c1cc(Br)c(C)cc1Br. The Labute approximate surface area is 123 Å². The Kier molecular flexibility index (Phi) is 4.07. The van der Waals surface area contributed by atoms with E-state index in [1.165, 1.54) is 0 Å². The number of hydrogen-bond acceptors (Lipinski definition) is 2. The second kappa shape index (κ2) is 5.41. The summed E-state index contributed by atoms with van der Waals surface area (Å²) in [6.45, 7) is 3.95. The molecule has 1 aromatic heterocycles. The van der Waals surface area contributed by atoms with Gasteiger partial charge in [0.05, 0.1) is 11.8 Å². The zero-order chi connectivity index (χ0) is 13.3. The van der Waals surface area contributed by atoms with E-state index < -0.39 is 0 Å². The summed E-state index contributed by atoms with van der Waals surface area (Å²) in [6, 6.07) is 5.50. The van der Waals surface area contributed by atoms with E-state index in [2.05, 4.69) is 31.9 Å². The van der Waals surface area contributed by atoms with Crippen molar-refractivity contribution in [3.05, 3.63) is 55.9 Å². The molecule has 0 saturated heterocycles. The van der Waals surface area contributed by atoms with Crippen molar-refractivity contribution in [2.75, 3.05) is 0 Å². The number of carbonyl (C=O) groups is 1. The fourth-order valence-corrected chi connectivity index (χ4v) is 2.76. The van der Waals surface area contributed by atoms with Crippen molar-refractivity contribution >= 4 is 37.6 Å². The van der Waals surface area contributed by atoms with Gasteiger partial charge < -0.3 is 4.42 Å². The number of furan rings is 1. The highest BCUT2D eigenvalue weighted by Crippen LogP contribution is 2.28. The lowest BCUT2D eigenvalue weighted by Gasteiger charge is -2.06.